The van der Waals surface area contributed by atoms with Crippen LogP contribution in [-0.4, -0.2) is 10.9 Å². The number of nitrogens with zero attached hydrogens (tertiary/aromatic N) is 1. The number of benzene rings is 1. The van der Waals surface area contributed by atoms with E-state index in [-0.39, 0.29) is 0 Å². The molecule has 0 aliphatic heterocycles. The molecule has 0 N–H and O–H groups in total. The Kier molecular flexibility index (Phi) is 3.71. The van der Waals surface area contributed by atoms with Crippen molar-refractivity contribution >= 4 is 41.1 Å². The van der Waals surface area contributed by atoms with E-state index >= 15 is 0 Å². The van der Waals surface area contributed by atoms with Crippen molar-refractivity contribution < 1.29 is 4.79 Å². The standard InChI is InChI=1S/C13H10Cl3NO/c1-7-3-9(6-18)8(2)17(7)13-11(15)4-10(14)5-12(13)16/h3-6H,1-2H3. The Labute approximate surface area is 120 Å². The molecule has 2 nitrogen and oxygen atoms in total. The van der Waals surface area contributed by atoms with Crippen LogP contribution in [0.25, 0.3) is 5.69 Å². The Bertz CT molecular complexity index is 608. The summed E-state index contributed by atoms with van der Waals surface area (Å²) in [4.78, 5) is 10.9. The lowest BCUT2D eigenvalue weighted by atomic mass is 10.2. The van der Waals surface area contributed by atoms with Crippen molar-refractivity contribution in [3.8, 4) is 5.69 Å². The van der Waals surface area contributed by atoms with Gasteiger partial charge in [-0.05, 0) is 32.0 Å². The third-order valence-electron chi connectivity index (χ3n) is 2.80. The molecule has 2 rings (SSSR count). The van der Waals surface area contributed by atoms with E-state index in [2.05, 4.69) is 0 Å². The molecule has 18 heavy (non-hydrogen) atoms. The molecule has 0 spiro atoms. The van der Waals surface area contributed by atoms with E-state index in [1.807, 2.05) is 18.4 Å². The maximum atomic E-state index is 10.9. The Morgan fingerprint density at radius 3 is 2.06 bits per heavy atom. The summed E-state index contributed by atoms with van der Waals surface area (Å²) >= 11 is 18.3. The third kappa shape index (κ3) is 2.16. The first kappa shape index (κ1) is 13.5. The Morgan fingerprint density at radius 2 is 1.61 bits per heavy atom. The molecule has 0 aliphatic carbocycles. The number of halogens is 3. The predicted octanol–water partition coefficient (Wildman–Crippen LogP) is 4.87. The SMILES string of the molecule is Cc1cc(C=O)c(C)n1-c1c(Cl)cc(Cl)cc1Cl. The molecule has 0 saturated heterocycles. The highest BCUT2D eigenvalue weighted by molar-refractivity contribution is 6.40. The summed E-state index contributed by atoms with van der Waals surface area (Å²) in [6.07, 6.45) is 0.816. The van der Waals surface area contributed by atoms with Crippen LogP contribution in [0.4, 0.5) is 0 Å². The first-order valence-corrected chi connectivity index (χ1v) is 6.38. The monoisotopic (exact) mass is 301 g/mol. The Morgan fingerprint density at radius 1 is 1.06 bits per heavy atom. The smallest absolute Gasteiger partial charge is 0.151 e. The second kappa shape index (κ2) is 4.96. The number of hydrogen-bond donors (Lipinski definition) is 0. The van der Waals surface area contributed by atoms with E-state index in [4.69, 9.17) is 34.8 Å². The molecular weight excluding hydrogens is 293 g/mol. The predicted molar refractivity (Wildman–Crippen MR) is 75.7 cm³/mol. The van der Waals surface area contributed by atoms with Gasteiger partial charge in [-0.2, -0.15) is 0 Å². The molecule has 2 aromatic rings. The van der Waals surface area contributed by atoms with Crippen LogP contribution in [0.1, 0.15) is 21.7 Å². The highest BCUT2D eigenvalue weighted by atomic mass is 35.5. The first-order chi connectivity index (χ1) is 8.45. The lowest BCUT2D eigenvalue weighted by molar-refractivity contribution is 0.112. The van der Waals surface area contributed by atoms with E-state index in [0.29, 0.717) is 26.3 Å². The van der Waals surface area contributed by atoms with Gasteiger partial charge in [-0.1, -0.05) is 34.8 Å². The largest absolute Gasteiger partial charge is 0.315 e. The summed E-state index contributed by atoms with van der Waals surface area (Å²) < 4.78 is 1.85. The summed E-state index contributed by atoms with van der Waals surface area (Å²) in [6.45, 7) is 3.74. The number of carbonyl (C=O) groups is 1. The van der Waals surface area contributed by atoms with Gasteiger partial charge in [0.1, 0.15) is 0 Å². The second-order valence-corrected chi connectivity index (χ2v) is 5.25. The minimum atomic E-state index is 0.451. The highest BCUT2D eigenvalue weighted by Crippen LogP contribution is 2.34. The number of aldehydes is 1. The van der Waals surface area contributed by atoms with Gasteiger partial charge in [-0.15, -0.1) is 0 Å². The molecule has 1 heterocycles. The normalized spacial score (nSPS) is 10.7. The molecule has 0 fully saturated rings. The van der Waals surface area contributed by atoms with Crippen LogP contribution in [0.2, 0.25) is 15.1 Å². The van der Waals surface area contributed by atoms with Crippen molar-refractivity contribution in [3.63, 3.8) is 0 Å². The van der Waals surface area contributed by atoms with Crippen LogP contribution < -0.4 is 0 Å². The second-order valence-electron chi connectivity index (χ2n) is 4.00. The molecule has 94 valence electrons. The van der Waals surface area contributed by atoms with Gasteiger partial charge in [-0.3, -0.25) is 4.79 Å². The van der Waals surface area contributed by atoms with Gasteiger partial charge in [-0.25, -0.2) is 0 Å². The number of hydrogen-bond acceptors (Lipinski definition) is 1. The summed E-state index contributed by atoms with van der Waals surface area (Å²) in [7, 11) is 0. The van der Waals surface area contributed by atoms with Gasteiger partial charge >= 0.3 is 0 Å². The quantitative estimate of drug-likeness (QED) is 0.726. The fraction of sp³-hybridized carbons (Fsp3) is 0.154. The van der Waals surface area contributed by atoms with Gasteiger partial charge in [0.05, 0.1) is 15.7 Å². The lowest BCUT2D eigenvalue weighted by Gasteiger charge is -2.13. The summed E-state index contributed by atoms with van der Waals surface area (Å²) in [5.41, 5.74) is 2.95. The lowest BCUT2D eigenvalue weighted by Crippen LogP contribution is -2.01. The van der Waals surface area contributed by atoms with Crippen molar-refractivity contribution in [1.29, 1.82) is 0 Å². The summed E-state index contributed by atoms with van der Waals surface area (Å²) in [6, 6.07) is 5.05. The van der Waals surface area contributed by atoms with Crippen LogP contribution in [0.3, 0.4) is 0 Å². The number of aryl methyl sites for hydroxylation is 1. The molecule has 1 aromatic carbocycles. The fourth-order valence-corrected chi connectivity index (χ4v) is 2.99. The van der Waals surface area contributed by atoms with Gasteiger partial charge in [0.2, 0.25) is 0 Å². The summed E-state index contributed by atoms with van der Waals surface area (Å²) in [5, 5.41) is 1.38. The van der Waals surface area contributed by atoms with Crippen molar-refractivity contribution in [3.05, 3.63) is 50.2 Å². The zero-order chi connectivity index (χ0) is 13.4. The number of aromatic nitrogens is 1. The van der Waals surface area contributed by atoms with E-state index in [9.17, 15) is 4.79 Å². The van der Waals surface area contributed by atoms with Crippen LogP contribution >= 0.6 is 34.8 Å². The van der Waals surface area contributed by atoms with Crippen molar-refractivity contribution in [2.45, 2.75) is 13.8 Å². The highest BCUT2D eigenvalue weighted by Gasteiger charge is 2.16. The van der Waals surface area contributed by atoms with E-state index in [0.717, 1.165) is 17.7 Å². The van der Waals surface area contributed by atoms with E-state index in [1.165, 1.54) is 0 Å². The molecule has 0 unspecified atom stereocenters. The molecule has 0 atom stereocenters. The fourth-order valence-electron chi connectivity index (χ4n) is 2.00. The van der Waals surface area contributed by atoms with E-state index in [1.54, 1.807) is 18.2 Å². The Balaban J connectivity index is 2.77. The molecular formula is C13H10Cl3NO. The van der Waals surface area contributed by atoms with Crippen LogP contribution in [0.15, 0.2) is 18.2 Å². The Hall–Kier alpha value is -0.960. The van der Waals surface area contributed by atoms with Crippen molar-refractivity contribution in [1.82, 2.24) is 4.57 Å². The molecule has 0 radical (unpaired) electrons. The minimum absolute atomic E-state index is 0.451. The van der Waals surface area contributed by atoms with Crippen LogP contribution in [0, 0.1) is 13.8 Å². The van der Waals surface area contributed by atoms with Crippen molar-refractivity contribution in [2.24, 2.45) is 0 Å². The minimum Gasteiger partial charge on any atom is -0.315 e. The average molecular weight is 303 g/mol. The van der Waals surface area contributed by atoms with Crippen molar-refractivity contribution in [2.75, 3.05) is 0 Å². The maximum absolute atomic E-state index is 10.9. The van der Waals surface area contributed by atoms with Crippen LogP contribution in [0.5, 0.6) is 0 Å². The maximum Gasteiger partial charge on any atom is 0.151 e. The molecule has 5 heteroatoms. The molecule has 0 amide bonds. The zero-order valence-corrected chi connectivity index (χ0v) is 12.1. The van der Waals surface area contributed by atoms with Crippen LogP contribution in [-0.2, 0) is 0 Å². The van der Waals surface area contributed by atoms with E-state index < -0.39 is 0 Å². The van der Waals surface area contributed by atoms with Gasteiger partial charge < -0.3 is 4.57 Å². The molecule has 0 aliphatic rings. The molecule has 0 bridgehead atoms. The van der Waals surface area contributed by atoms with Gasteiger partial charge in [0.15, 0.2) is 6.29 Å². The third-order valence-corrected chi connectivity index (χ3v) is 3.60. The molecule has 0 saturated carbocycles. The number of rotatable bonds is 2. The van der Waals surface area contributed by atoms with Gasteiger partial charge in [0, 0.05) is 22.0 Å². The summed E-state index contributed by atoms with van der Waals surface area (Å²) in [5.74, 6) is 0. The van der Waals surface area contributed by atoms with Gasteiger partial charge in [0.25, 0.3) is 0 Å². The first-order valence-electron chi connectivity index (χ1n) is 5.24. The molecule has 1 aromatic heterocycles. The number of carbonyl (C=O) groups excluding carboxylic acids is 1. The average Bonchev–Trinajstić information content (AvgIpc) is 2.55. The zero-order valence-electron chi connectivity index (χ0n) is 9.80. The topological polar surface area (TPSA) is 22.0 Å².